The normalized spacial score (nSPS) is 34.8. The van der Waals surface area contributed by atoms with Crippen molar-refractivity contribution in [2.24, 2.45) is 0 Å². The zero-order chi connectivity index (χ0) is 14.6. The van der Waals surface area contributed by atoms with Gasteiger partial charge in [0.05, 0.1) is 0 Å². The molecule has 1 aliphatic rings. The van der Waals surface area contributed by atoms with Crippen LogP contribution in [0.15, 0.2) is 0 Å². The van der Waals surface area contributed by atoms with Crippen molar-refractivity contribution in [3.05, 3.63) is 0 Å². The minimum Gasteiger partial charge on any atom is -0.481 e. The molecule has 0 spiro atoms. The average Bonchev–Trinajstić information content (AvgIpc) is 2.34. The second-order valence-corrected chi connectivity index (χ2v) is 4.00. The fraction of sp³-hybridized carbons (Fsp3) is 0.800. The SMILES string of the molecule is CO[C@@H]1O[C@H](COC(=O)CC(=O)O)[C@@H](O)[C@@H](O)[C@H]1O. The second kappa shape index (κ2) is 6.78. The average molecular weight is 280 g/mol. The van der Waals surface area contributed by atoms with Crippen molar-refractivity contribution in [1.82, 2.24) is 0 Å². The van der Waals surface area contributed by atoms with Gasteiger partial charge in [-0.15, -0.1) is 0 Å². The van der Waals surface area contributed by atoms with Crippen LogP contribution < -0.4 is 0 Å². The van der Waals surface area contributed by atoms with Crippen molar-refractivity contribution in [3.63, 3.8) is 0 Å². The van der Waals surface area contributed by atoms with Gasteiger partial charge in [-0.3, -0.25) is 9.59 Å². The van der Waals surface area contributed by atoms with Gasteiger partial charge in [-0.05, 0) is 0 Å². The van der Waals surface area contributed by atoms with Gasteiger partial charge in [0.25, 0.3) is 0 Å². The molecule has 9 nitrogen and oxygen atoms in total. The summed E-state index contributed by atoms with van der Waals surface area (Å²) >= 11 is 0. The van der Waals surface area contributed by atoms with Gasteiger partial charge in [0.15, 0.2) is 6.29 Å². The molecule has 4 N–H and O–H groups in total. The predicted molar refractivity (Wildman–Crippen MR) is 56.9 cm³/mol. The first-order valence-electron chi connectivity index (χ1n) is 5.46. The van der Waals surface area contributed by atoms with Crippen LogP contribution in [0.3, 0.4) is 0 Å². The van der Waals surface area contributed by atoms with Crippen LogP contribution in [-0.2, 0) is 23.8 Å². The zero-order valence-electron chi connectivity index (χ0n) is 10.1. The molecule has 0 aromatic rings. The number of ether oxygens (including phenoxy) is 3. The Balaban J connectivity index is 2.52. The van der Waals surface area contributed by atoms with Crippen LogP contribution in [0, 0.1) is 0 Å². The molecule has 0 bridgehead atoms. The van der Waals surface area contributed by atoms with Crippen molar-refractivity contribution < 1.29 is 44.2 Å². The number of methoxy groups -OCH3 is 1. The third-order valence-electron chi connectivity index (χ3n) is 2.60. The number of hydrogen-bond donors (Lipinski definition) is 4. The highest BCUT2D eigenvalue weighted by Crippen LogP contribution is 2.21. The van der Waals surface area contributed by atoms with Crippen molar-refractivity contribution in [3.8, 4) is 0 Å². The van der Waals surface area contributed by atoms with E-state index in [1.807, 2.05) is 0 Å². The fourth-order valence-corrected chi connectivity index (χ4v) is 1.60. The van der Waals surface area contributed by atoms with E-state index >= 15 is 0 Å². The summed E-state index contributed by atoms with van der Waals surface area (Å²) in [6.07, 6.45) is -7.57. The molecule has 0 unspecified atom stereocenters. The van der Waals surface area contributed by atoms with Crippen LogP contribution in [0.25, 0.3) is 0 Å². The third kappa shape index (κ3) is 4.11. The van der Waals surface area contributed by atoms with Gasteiger partial charge < -0.3 is 34.6 Å². The largest absolute Gasteiger partial charge is 0.481 e. The number of carboxylic acids is 1. The first kappa shape index (κ1) is 15.8. The van der Waals surface area contributed by atoms with Gasteiger partial charge in [0.1, 0.15) is 37.4 Å². The van der Waals surface area contributed by atoms with Crippen molar-refractivity contribution in [1.29, 1.82) is 0 Å². The van der Waals surface area contributed by atoms with E-state index in [1.54, 1.807) is 0 Å². The lowest BCUT2D eigenvalue weighted by atomic mass is 9.99. The molecular formula is C10H16O9. The Kier molecular flexibility index (Phi) is 5.63. The summed E-state index contributed by atoms with van der Waals surface area (Å²) < 4.78 is 14.4. The van der Waals surface area contributed by atoms with Gasteiger partial charge in [-0.25, -0.2) is 0 Å². The molecule has 0 saturated carbocycles. The first-order valence-corrected chi connectivity index (χ1v) is 5.46. The lowest BCUT2D eigenvalue weighted by Gasteiger charge is -2.39. The lowest BCUT2D eigenvalue weighted by Crippen LogP contribution is -2.59. The third-order valence-corrected chi connectivity index (χ3v) is 2.60. The van der Waals surface area contributed by atoms with Crippen molar-refractivity contribution in [2.45, 2.75) is 37.1 Å². The Morgan fingerprint density at radius 3 is 2.32 bits per heavy atom. The van der Waals surface area contributed by atoms with Gasteiger partial charge >= 0.3 is 11.9 Å². The Morgan fingerprint density at radius 1 is 1.16 bits per heavy atom. The maximum absolute atomic E-state index is 11.0. The summed E-state index contributed by atoms with van der Waals surface area (Å²) in [4.78, 5) is 21.3. The number of aliphatic hydroxyl groups is 3. The van der Waals surface area contributed by atoms with E-state index in [0.717, 1.165) is 0 Å². The standard InChI is InChI=1S/C10H16O9/c1-17-10-9(16)8(15)7(14)4(19-10)3-18-6(13)2-5(11)12/h4,7-10,14-16H,2-3H2,1H3,(H,11,12)/t4-,7-,8-,9-,10-/m1/s1. The van der Waals surface area contributed by atoms with Crippen molar-refractivity contribution in [2.75, 3.05) is 13.7 Å². The van der Waals surface area contributed by atoms with Gasteiger partial charge in [0, 0.05) is 7.11 Å². The first-order chi connectivity index (χ1) is 8.86. The maximum atomic E-state index is 11.0. The molecule has 110 valence electrons. The molecule has 1 rings (SSSR count). The molecule has 1 aliphatic heterocycles. The minimum absolute atomic E-state index is 0.461. The molecule has 1 heterocycles. The van der Waals surface area contributed by atoms with E-state index in [9.17, 15) is 24.9 Å². The Labute approximate surface area is 108 Å². The summed E-state index contributed by atoms with van der Waals surface area (Å²) in [6.45, 7) is -0.461. The number of hydrogen-bond acceptors (Lipinski definition) is 8. The van der Waals surface area contributed by atoms with E-state index in [4.69, 9.17) is 14.6 Å². The van der Waals surface area contributed by atoms with E-state index in [1.165, 1.54) is 7.11 Å². The Morgan fingerprint density at radius 2 is 1.79 bits per heavy atom. The minimum atomic E-state index is -1.53. The number of carbonyl (C=O) groups excluding carboxylic acids is 1. The molecule has 0 radical (unpaired) electrons. The summed E-state index contributed by atoms with van der Waals surface area (Å²) in [6, 6.07) is 0. The molecule has 0 amide bonds. The number of esters is 1. The molecule has 1 fully saturated rings. The van der Waals surface area contributed by atoms with Crippen LogP contribution in [0.1, 0.15) is 6.42 Å². The zero-order valence-corrected chi connectivity index (χ0v) is 10.1. The van der Waals surface area contributed by atoms with Crippen LogP contribution in [0.2, 0.25) is 0 Å². The number of rotatable bonds is 5. The number of aliphatic carboxylic acids is 1. The highest BCUT2D eigenvalue weighted by atomic mass is 16.7. The highest BCUT2D eigenvalue weighted by Gasteiger charge is 2.44. The van der Waals surface area contributed by atoms with E-state index < -0.39 is 55.7 Å². The topological polar surface area (TPSA) is 143 Å². The van der Waals surface area contributed by atoms with Crippen LogP contribution in [0.5, 0.6) is 0 Å². The van der Waals surface area contributed by atoms with Gasteiger partial charge in [0.2, 0.25) is 0 Å². The smallest absolute Gasteiger partial charge is 0.317 e. The highest BCUT2D eigenvalue weighted by molar-refractivity contribution is 5.90. The molecule has 1 saturated heterocycles. The molecule has 9 heteroatoms. The summed E-state index contributed by atoms with van der Waals surface area (Å²) in [5.74, 6) is -2.35. The monoisotopic (exact) mass is 280 g/mol. The maximum Gasteiger partial charge on any atom is 0.317 e. The van der Waals surface area contributed by atoms with Crippen LogP contribution in [0.4, 0.5) is 0 Å². The number of aliphatic hydroxyl groups excluding tert-OH is 3. The van der Waals surface area contributed by atoms with E-state index in [-0.39, 0.29) is 0 Å². The fourth-order valence-electron chi connectivity index (χ4n) is 1.60. The van der Waals surface area contributed by atoms with Gasteiger partial charge in [-0.2, -0.15) is 0 Å². The molecule has 0 aliphatic carbocycles. The summed E-state index contributed by atoms with van der Waals surface area (Å²) in [7, 11) is 1.23. The lowest BCUT2D eigenvalue weighted by molar-refractivity contribution is -0.295. The Bertz CT molecular complexity index is 329. The molecule has 5 atom stereocenters. The summed E-state index contributed by atoms with van der Waals surface area (Å²) in [5.41, 5.74) is 0. The Hall–Kier alpha value is -1.26. The molecule has 0 aromatic heterocycles. The van der Waals surface area contributed by atoms with Crippen LogP contribution >= 0.6 is 0 Å². The second-order valence-electron chi connectivity index (χ2n) is 4.00. The van der Waals surface area contributed by atoms with Crippen LogP contribution in [-0.4, -0.2) is 76.8 Å². The quantitative estimate of drug-likeness (QED) is 0.316. The molecule has 0 aromatic carbocycles. The van der Waals surface area contributed by atoms with E-state index in [2.05, 4.69) is 4.74 Å². The van der Waals surface area contributed by atoms with E-state index in [0.29, 0.717) is 0 Å². The van der Waals surface area contributed by atoms with Crippen molar-refractivity contribution >= 4 is 11.9 Å². The summed E-state index contributed by atoms with van der Waals surface area (Å²) in [5, 5.41) is 37.0. The molecule has 19 heavy (non-hydrogen) atoms. The van der Waals surface area contributed by atoms with Gasteiger partial charge in [-0.1, -0.05) is 0 Å². The number of carbonyl (C=O) groups is 2. The molecular weight excluding hydrogens is 264 g/mol. The predicted octanol–water partition coefficient (Wildman–Crippen LogP) is -2.54. The number of carboxylic acid groups (broad SMARTS) is 1.